The first-order valence-electron chi connectivity index (χ1n) is 13.7. The Hall–Kier alpha value is -3.94. The Labute approximate surface area is 259 Å². The Balaban J connectivity index is 1.79. The lowest BCUT2D eigenvalue weighted by molar-refractivity contribution is -0.131. The third kappa shape index (κ3) is 9.80. The van der Waals surface area contributed by atoms with Gasteiger partial charge in [0.05, 0.1) is 20.2 Å². The van der Waals surface area contributed by atoms with E-state index in [1.807, 2.05) is 0 Å². The Morgan fingerprint density at radius 1 is 0.837 bits per heavy atom. The van der Waals surface area contributed by atoms with Gasteiger partial charge in [-0.25, -0.2) is 4.98 Å². The summed E-state index contributed by atoms with van der Waals surface area (Å²) < 4.78 is 10.8. The molecule has 0 aliphatic carbocycles. The second-order valence-electron chi connectivity index (χ2n) is 10.2. The average Bonchev–Trinajstić information content (AvgIpc) is 2.99. The van der Waals surface area contributed by atoms with Crippen molar-refractivity contribution in [1.29, 1.82) is 0 Å². The number of pyridine rings is 1. The number of benzene rings is 2. The van der Waals surface area contributed by atoms with Crippen LogP contribution in [0.25, 0.3) is 0 Å². The number of nitrogens with one attached hydrogen (secondary N) is 3. The van der Waals surface area contributed by atoms with E-state index in [-0.39, 0.29) is 24.5 Å². The number of halogens is 1. The van der Waals surface area contributed by atoms with Gasteiger partial charge in [-0.05, 0) is 75.8 Å². The van der Waals surface area contributed by atoms with Crippen molar-refractivity contribution in [2.24, 2.45) is 5.92 Å². The van der Waals surface area contributed by atoms with Crippen molar-refractivity contribution in [3.63, 3.8) is 0 Å². The fourth-order valence-corrected chi connectivity index (χ4v) is 4.73. The summed E-state index contributed by atoms with van der Waals surface area (Å²) in [5.41, 5.74) is 1.59. The first-order chi connectivity index (χ1) is 20.5. The summed E-state index contributed by atoms with van der Waals surface area (Å²) in [5.74, 6) is -1.91. The van der Waals surface area contributed by atoms with Crippen molar-refractivity contribution in [1.82, 2.24) is 20.9 Å². The molecular formula is C30H36BBrN4O7. The molecule has 1 heterocycles. The van der Waals surface area contributed by atoms with Crippen LogP contribution in [0.15, 0.2) is 71.3 Å². The minimum atomic E-state index is -1.85. The smallest absolute Gasteiger partial charge is 0.475 e. The average molecular weight is 655 g/mol. The minimum absolute atomic E-state index is 0.103. The van der Waals surface area contributed by atoms with E-state index in [0.29, 0.717) is 16.0 Å². The predicted molar refractivity (Wildman–Crippen MR) is 165 cm³/mol. The Bertz CT molecular complexity index is 1370. The number of rotatable bonds is 14. The number of nitrogens with zero attached hydrogens (tertiary/aromatic N) is 1. The van der Waals surface area contributed by atoms with Crippen LogP contribution in [0.2, 0.25) is 0 Å². The summed E-state index contributed by atoms with van der Waals surface area (Å²) >= 11 is 3.31. The monoisotopic (exact) mass is 654 g/mol. The van der Waals surface area contributed by atoms with Gasteiger partial charge in [0.15, 0.2) is 0 Å². The second kappa shape index (κ2) is 16.1. The van der Waals surface area contributed by atoms with Crippen molar-refractivity contribution in [2.45, 2.75) is 44.7 Å². The number of carbonyl (C=O) groups excluding carboxylic acids is 3. The van der Waals surface area contributed by atoms with Gasteiger partial charge in [-0.15, -0.1) is 0 Å². The topological polar surface area (TPSA) is 159 Å². The summed E-state index contributed by atoms with van der Waals surface area (Å²) in [6.45, 7) is 3.50. The third-order valence-electron chi connectivity index (χ3n) is 6.74. The second-order valence-corrected chi connectivity index (χ2v) is 11.1. The van der Waals surface area contributed by atoms with Gasteiger partial charge in [-0.1, -0.05) is 38.1 Å². The molecule has 3 rings (SSSR count). The van der Waals surface area contributed by atoms with Crippen molar-refractivity contribution in [3.8, 4) is 11.5 Å². The van der Waals surface area contributed by atoms with Gasteiger partial charge in [0, 0.05) is 17.1 Å². The van der Waals surface area contributed by atoms with Gasteiger partial charge in [0.25, 0.3) is 5.91 Å². The van der Waals surface area contributed by atoms with Crippen LogP contribution in [0.1, 0.15) is 35.5 Å². The number of aromatic nitrogens is 1. The third-order valence-corrected chi connectivity index (χ3v) is 7.38. The van der Waals surface area contributed by atoms with Crippen molar-refractivity contribution in [3.05, 3.63) is 88.2 Å². The summed E-state index contributed by atoms with van der Waals surface area (Å²) in [7, 11) is 1.24. The maximum absolute atomic E-state index is 13.6. The van der Waals surface area contributed by atoms with Gasteiger partial charge in [-0.3, -0.25) is 14.4 Å². The van der Waals surface area contributed by atoms with Gasteiger partial charge >= 0.3 is 7.12 Å². The first kappa shape index (κ1) is 33.6. The lowest BCUT2D eigenvalue weighted by Crippen LogP contribution is -2.59. The molecule has 228 valence electrons. The first-order valence-corrected chi connectivity index (χ1v) is 14.5. The predicted octanol–water partition coefficient (Wildman–Crippen LogP) is 2.08. The minimum Gasteiger partial charge on any atom is -0.497 e. The molecule has 11 nitrogen and oxygen atoms in total. The standard InChI is InChI=1S/C30H36BBrN4O7/c1-18(2)26(29(38)35-25(31(40)41)17-20-9-13-22(43-4)14-10-20)36-28(37)24(16-19-7-11-21(42-3)12-8-19)34-30(39)27-23(32)6-5-15-33-27/h5-15,18,24-26,40-41H,16-17H2,1-4H3,(H,34,39)(H,35,38)(H,36,37)/t24-,25-,26-/m0/s1. The normalized spacial score (nSPS) is 12.9. The molecule has 1 aromatic heterocycles. The zero-order valence-electron chi connectivity index (χ0n) is 24.4. The molecule has 3 aromatic rings. The van der Waals surface area contributed by atoms with Crippen molar-refractivity contribution < 1.29 is 33.9 Å². The maximum atomic E-state index is 13.6. The van der Waals surface area contributed by atoms with E-state index in [1.165, 1.54) is 6.20 Å². The van der Waals surface area contributed by atoms with Crippen molar-refractivity contribution >= 4 is 40.8 Å². The fourth-order valence-electron chi connectivity index (χ4n) is 4.29. The van der Waals surface area contributed by atoms with E-state index in [4.69, 9.17) is 9.47 Å². The summed E-state index contributed by atoms with van der Waals surface area (Å²) in [5, 5.41) is 28.2. The molecule has 0 saturated carbocycles. The molecule has 0 fully saturated rings. The molecule has 2 aromatic carbocycles. The maximum Gasteiger partial charge on any atom is 0.475 e. The SMILES string of the molecule is COc1ccc(C[C@H](NC(=O)[C@@H](NC(=O)[C@H](Cc2ccc(OC)cc2)NC(=O)c2ncccc2Br)C(C)C)B(O)O)cc1. The van der Waals surface area contributed by atoms with Gasteiger partial charge in [-0.2, -0.15) is 0 Å². The van der Waals surface area contributed by atoms with E-state index in [1.54, 1.807) is 88.7 Å². The molecule has 0 bridgehead atoms. The highest BCUT2D eigenvalue weighted by molar-refractivity contribution is 9.10. The van der Waals surface area contributed by atoms with Crippen LogP contribution < -0.4 is 25.4 Å². The molecular weight excluding hydrogens is 619 g/mol. The van der Waals surface area contributed by atoms with Crippen LogP contribution in [0, 0.1) is 5.92 Å². The number of ether oxygens (including phenoxy) is 2. The number of methoxy groups -OCH3 is 2. The number of hydrogen-bond acceptors (Lipinski definition) is 8. The molecule has 0 aliphatic rings. The van der Waals surface area contributed by atoms with Crippen LogP contribution in [0.5, 0.6) is 11.5 Å². The van der Waals surface area contributed by atoms with E-state index in [0.717, 1.165) is 11.1 Å². The highest BCUT2D eigenvalue weighted by atomic mass is 79.9. The number of carbonyl (C=O) groups is 3. The van der Waals surface area contributed by atoms with Crippen LogP contribution in [-0.4, -0.2) is 72.1 Å². The molecule has 13 heteroatoms. The van der Waals surface area contributed by atoms with E-state index >= 15 is 0 Å². The highest BCUT2D eigenvalue weighted by Gasteiger charge is 2.33. The summed E-state index contributed by atoms with van der Waals surface area (Å²) in [4.78, 5) is 44.2. The van der Waals surface area contributed by atoms with Crippen LogP contribution in [-0.2, 0) is 22.4 Å². The van der Waals surface area contributed by atoms with Crippen LogP contribution in [0.4, 0.5) is 0 Å². The molecule has 5 N–H and O–H groups in total. The quantitative estimate of drug-likeness (QED) is 0.165. The van der Waals surface area contributed by atoms with Crippen LogP contribution in [0.3, 0.4) is 0 Å². The Kier molecular flexibility index (Phi) is 12.5. The lowest BCUT2D eigenvalue weighted by atomic mass is 9.75. The van der Waals surface area contributed by atoms with E-state index in [2.05, 4.69) is 36.9 Å². The largest absolute Gasteiger partial charge is 0.497 e. The lowest BCUT2D eigenvalue weighted by Gasteiger charge is -2.27. The van der Waals surface area contributed by atoms with E-state index < -0.39 is 42.9 Å². The molecule has 3 amide bonds. The zero-order chi connectivity index (χ0) is 31.5. The number of amides is 3. The van der Waals surface area contributed by atoms with Gasteiger partial charge in [0.1, 0.15) is 29.3 Å². The van der Waals surface area contributed by atoms with Gasteiger partial charge < -0.3 is 35.5 Å². The van der Waals surface area contributed by atoms with E-state index in [9.17, 15) is 24.4 Å². The molecule has 43 heavy (non-hydrogen) atoms. The zero-order valence-corrected chi connectivity index (χ0v) is 26.0. The van der Waals surface area contributed by atoms with Crippen molar-refractivity contribution in [2.75, 3.05) is 14.2 Å². The number of hydrogen-bond donors (Lipinski definition) is 5. The molecule has 0 aliphatic heterocycles. The summed E-state index contributed by atoms with van der Waals surface area (Å²) in [6, 6.07) is 15.3. The molecule has 0 radical (unpaired) electrons. The Morgan fingerprint density at radius 3 is 1.88 bits per heavy atom. The fraction of sp³-hybridized carbons (Fsp3) is 0.333. The molecule has 0 spiro atoms. The Morgan fingerprint density at radius 2 is 1.40 bits per heavy atom. The van der Waals surface area contributed by atoms with Crippen LogP contribution >= 0.6 is 15.9 Å². The molecule has 0 saturated heterocycles. The summed E-state index contributed by atoms with van der Waals surface area (Å²) in [6.07, 6.45) is 1.71. The molecule has 3 atom stereocenters. The highest BCUT2D eigenvalue weighted by Crippen LogP contribution is 2.17. The van der Waals surface area contributed by atoms with Gasteiger partial charge in [0.2, 0.25) is 11.8 Å². The molecule has 0 unspecified atom stereocenters.